The van der Waals surface area contributed by atoms with Crippen molar-refractivity contribution < 1.29 is 8.78 Å². The van der Waals surface area contributed by atoms with Crippen LogP contribution in [0, 0.1) is 11.6 Å². The molecule has 102 valence electrons. The number of benzene rings is 1. The summed E-state index contributed by atoms with van der Waals surface area (Å²) in [5.41, 5.74) is 6.26. The van der Waals surface area contributed by atoms with Crippen LogP contribution in [0.4, 0.5) is 8.78 Å². The van der Waals surface area contributed by atoms with Crippen LogP contribution in [0.1, 0.15) is 30.6 Å². The first-order valence-electron chi connectivity index (χ1n) is 6.20. The standard InChI is InChI=1S/C13H16F2N4/c1-2-5-19-12(17-18-13(19)8-16)7-9-3-4-10(14)11(15)6-9/h3-4,6H,2,5,7-8,16H2,1H3. The van der Waals surface area contributed by atoms with Gasteiger partial charge in [-0.3, -0.25) is 0 Å². The third-order valence-electron chi connectivity index (χ3n) is 2.88. The molecular formula is C13H16F2N4. The maximum absolute atomic E-state index is 13.2. The van der Waals surface area contributed by atoms with Gasteiger partial charge in [-0.15, -0.1) is 10.2 Å². The Morgan fingerprint density at radius 3 is 2.53 bits per heavy atom. The lowest BCUT2D eigenvalue weighted by atomic mass is 10.1. The van der Waals surface area contributed by atoms with E-state index in [1.54, 1.807) is 6.07 Å². The molecule has 0 saturated carbocycles. The van der Waals surface area contributed by atoms with E-state index in [4.69, 9.17) is 5.73 Å². The van der Waals surface area contributed by atoms with Crippen molar-refractivity contribution in [2.75, 3.05) is 0 Å². The van der Waals surface area contributed by atoms with Gasteiger partial charge in [0.25, 0.3) is 0 Å². The van der Waals surface area contributed by atoms with Crippen molar-refractivity contribution in [2.24, 2.45) is 5.73 Å². The summed E-state index contributed by atoms with van der Waals surface area (Å²) >= 11 is 0. The lowest BCUT2D eigenvalue weighted by Crippen LogP contribution is -2.11. The molecule has 6 heteroatoms. The molecule has 0 amide bonds. The Hall–Kier alpha value is -1.82. The third kappa shape index (κ3) is 2.96. The molecule has 1 aromatic heterocycles. The molecule has 0 radical (unpaired) electrons. The van der Waals surface area contributed by atoms with Crippen LogP contribution in [0.5, 0.6) is 0 Å². The molecular weight excluding hydrogens is 250 g/mol. The van der Waals surface area contributed by atoms with Gasteiger partial charge in [-0.05, 0) is 24.1 Å². The highest BCUT2D eigenvalue weighted by atomic mass is 19.2. The molecule has 19 heavy (non-hydrogen) atoms. The number of rotatable bonds is 5. The number of nitrogens with zero attached hydrogens (tertiary/aromatic N) is 3. The van der Waals surface area contributed by atoms with Crippen molar-refractivity contribution in [1.82, 2.24) is 14.8 Å². The fraction of sp³-hybridized carbons (Fsp3) is 0.385. The van der Waals surface area contributed by atoms with E-state index in [0.29, 0.717) is 30.2 Å². The minimum Gasteiger partial charge on any atom is -0.324 e. The minimum absolute atomic E-state index is 0.310. The van der Waals surface area contributed by atoms with Crippen LogP contribution in [0.2, 0.25) is 0 Å². The van der Waals surface area contributed by atoms with E-state index in [9.17, 15) is 8.78 Å². The first-order valence-corrected chi connectivity index (χ1v) is 6.20. The maximum Gasteiger partial charge on any atom is 0.159 e. The molecule has 2 aromatic rings. The van der Waals surface area contributed by atoms with Crippen LogP contribution in [-0.4, -0.2) is 14.8 Å². The van der Waals surface area contributed by atoms with Crippen molar-refractivity contribution in [2.45, 2.75) is 32.9 Å². The van der Waals surface area contributed by atoms with Gasteiger partial charge in [-0.1, -0.05) is 13.0 Å². The molecule has 0 aliphatic heterocycles. The van der Waals surface area contributed by atoms with Crippen molar-refractivity contribution >= 4 is 0 Å². The van der Waals surface area contributed by atoms with Crippen molar-refractivity contribution in [1.29, 1.82) is 0 Å². The van der Waals surface area contributed by atoms with Crippen LogP contribution in [0.25, 0.3) is 0 Å². The lowest BCUT2D eigenvalue weighted by molar-refractivity contribution is 0.507. The van der Waals surface area contributed by atoms with Crippen LogP contribution < -0.4 is 5.73 Å². The van der Waals surface area contributed by atoms with Crippen molar-refractivity contribution in [3.8, 4) is 0 Å². The monoisotopic (exact) mass is 266 g/mol. The van der Waals surface area contributed by atoms with E-state index in [-0.39, 0.29) is 0 Å². The van der Waals surface area contributed by atoms with Gasteiger partial charge in [0.15, 0.2) is 11.6 Å². The Bertz CT molecular complexity index is 566. The maximum atomic E-state index is 13.2. The Kier molecular flexibility index (Phi) is 4.21. The predicted molar refractivity (Wildman–Crippen MR) is 67.4 cm³/mol. The summed E-state index contributed by atoms with van der Waals surface area (Å²) in [6.45, 7) is 3.12. The molecule has 0 fully saturated rings. The summed E-state index contributed by atoms with van der Waals surface area (Å²) < 4.78 is 28.0. The van der Waals surface area contributed by atoms with E-state index >= 15 is 0 Å². The molecule has 0 unspecified atom stereocenters. The van der Waals surface area contributed by atoms with Gasteiger partial charge in [0.1, 0.15) is 11.6 Å². The molecule has 2 rings (SSSR count). The number of hydrogen-bond acceptors (Lipinski definition) is 3. The molecule has 2 N–H and O–H groups in total. The molecule has 0 aliphatic rings. The van der Waals surface area contributed by atoms with Gasteiger partial charge >= 0.3 is 0 Å². The molecule has 0 bridgehead atoms. The second-order valence-corrected chi connectivity index (χ2v) is 4.31. The summed E-state index contributed by atoms with van der Waals surface area (Å²) in [6, 6.07) is 3.85. The van der Waals surface area contributed by atoms with Gasteiger partial charge in [0.05, 0.1) is 6.54 Å². The SMILES string of the molecule is CCCn1c(CN)nnc1Cc1ccc(F)c(F)c1. The second kappa shape index (κ2) is 5.88. The molecule has 0 atom stereocenters. The summed E-state index contributed by atoms with van der Waals surface area (Å²) in [5, 5.41) is 8.08. The smallest absolute Gasteiger partial charge is 0.159 e. The fourth-order valence-electron chi connectivity index (χ4n) is 1.97. The highest BCUT2D eigenvalue weighted by molar-refractivity contribution is 5.21. The number of hydrogen-bond donors (Lipinski definition) is 1. The van der Waals surface area contributed by atoms with Crippen LogP contribution in [0.3, 0.4) is 0 Å². The molecule has 0 saturated heterocycles. The van der Waals surface area contributed by atoms with Crippen LogP contribution in [-0.2, 0) is 19.5 Å². The van der Waals surface area contributed by atoms with E-state index in [0.717, 1.165) is 19.0 Å². The van der Waals surface area contributed by atoms with Crippen LogP contribution in [0.15, 0.2) is 18.2 Å². The Morgan fingerprint density at radius 2 is 1.89 bits per heavy atom. The first-order chi connectivity index (χ1) is 9.15. The largest absolute Gasteiger partial charge is 0.324 e. The van der Waals surface area contributed by atoms with E-state index in [1.807, 2.05) is 11.5 Å². The normalized spacial score (nSPS) is 10.9. The third-order valence-corrected chi connectivity index (χ3v) is 2.88. The summed E-state index contributed by atoms with van der Waals surface area (Å²) in [4.78, 5) is 0. The Balaban J connectivity index is 2.27. The molecule has 0 aliphatic carbocycles. The summed E-state index contributed by atoms with van der Waals surface area (Å²) in [6.07, 6.45) is 1.33. The molecule has 4 nitrogen and oxygen atoms in total. The highest BCUT2D eigenvalue weighted by Gasteiger charge is 2.12. The minimum atomic E-state index is -0.849. The lowest BCUT2D eigenvalue weighted by Gasteiger charge is -2.08. The molecule has 1 heterocycles. The zero-order chi connectivity index (χ0) is 13.8. The highest BCUT2D eigenvalue weighted by Crippen LogP contribution is 2.13. The van der Waals surface area contributed by atoms with Gasteiger partial charge in [-0.25, -0.2) is 8.78 Å². The van der Waals surface area contributed by atoms with Crippen molar-refractivity contribution in [3.05, 3.63) is 47.0 Å². The quantitative estimate of drug-likeness (QED) is 0.900. The average Bonchev–Trinajstić information content (AvgIpc) is 2.77. The zero-order valence-corrected chi connectivity index (χ0v) is 10.7. The van der Waals surface area contributed by atoms with Crippen LogP contribution >= 0.6 is 0 Å². The first kappa shape index (κ1) is 13.6. The van der Waals surface area contributed by atoms with E-state index in [1.165, 1.54) is 6.07 Å². The number of aromatic nitrogens is 3. The van der Waals surface area contributed by atoms with E-state index in [2.05, 4.69) is 10.2 Å². The molecule has 0 spiro atoms. The summed E-state index contributed by atoms with van der Waals surface area (Å²) in [5.74, 6) is -0.271. The summed E-state index contributed by atoms with van der Waals surface area (Å²) in [7, 11) is 0. The Morgan fingerprint density at radius 1 is 1.16 bits per heavy atom. The second-order valence-electron chi connectivity index (χ2n) is 4.31. The topological polar surface area (TPSA) is 56.7 Å². The fourth-order valence-corrected chi connectivity index (χ4v) is 1.97. The van der Waals surface area contributed by atoms with Gasteiger partial charge in [0, 0.05) is 13.0 Å². The van der Waals surface area contributed by atoms with Gasteiger partial charge < -0.3 is 10.3 Å². The van der Waals surface area contributed by atoms with Gasteiger partial charge in [-0.2, -0.15) is 0 Å². The number of nitrogens with two attached hydrogens (primary N) is 1. The average molecular weight is 266 g/mol. The Labute approximate surface area is 110 Å². The zero-order valence-electron chi connectivity index (χ0n) is 10.7. The van der Waals surface area contributed by atoms with E-state index < -0.39 is 11.6 Å². The number of halogens is 2. The molecule has 1 aromatic carbocycles. The predicted octanol–water partition coefficient (Wildman–Crippen LogP) is 2.02. The van der Waals surface area contributed by atoms with Gasteiger partial charge in [0.2, 0.25) is 0 Å². The van der Waals surface area contributed by atoms with Crippen molar-refractivity contribution in [3.63, 3.8) is 0 Å².